The first-order valence-electron chi connectivity index (χ1n) is 10.2. The van der Waals surface area contributed by atoms with E-state index in [0.29, 0.717) is 6.54 Å². The molecule has 7 nitrogen and oxygen atoms in total. The van der Waals surface area contributed by atoms with Gasteiger partial charge in [0.1, 0.15) is 0 Å². The third kappa shape index (κ3) is 2.61. The van der Waals surface area contributed by atoms with Gasteiger partial charge in [0.2, 0.25) is 0 Å². The normalized spacial score (nSPS) is 19.2. The van der Waals surface area contributed by atoms with E-state index in [1.54, 1.807) is 0 Å². The predicted octanol–water partition coefficient (Wildman–Crippen LogP) is 3.75. The summed E-state index contributed by atoms with van der Waals surface area (Å²) >= 11 is 0. The van der Waals surface area contributed by atoms with Crippen molar-refractivity contribution in [1.82, 2.24) is 30.0 Å². The summed E-state index contributed by atoms with van der Waals surface area (Å²) in [4.78, 5) is 25.4. The first-order chi connectivity index (χ1) is 14.3. The van der Waals surface area contributed by atoms with E-state index < -0.39 is 0 Å². The van der Waals surface area contributed by atoms with Crippen LogP contribution in [0.25, 0.3) is 21.9 Å². The van der Waals surface area contributed by atoms with Crippen LogP contribution in [-0.4, -0.2) is 49.1 Å². The van der Waals surface area contributed by atoms with Gasteiger partial charge >= 0.3 is 6.03 Å². The zero-order valence-corrected chi connectivity index (χ0v) is 16.1. The Bertz CT molecular complexity index is 1190. The van der Waals surface area contributed by atoms with Crippen molar-refractivity contribution in [2.24, 2.45) is 0 Å². The lowest BCUT2D eigenvalue weighted by molar-refractivity contribution is 0.142. The Labute approximate surface area is 167 Å². The van der Waals surface area contributed by atoms with Crippen molar-refractivity contribution in [2.75, 3.05) is 13.1 Å². The van der Waals surface area contributed by atoms with Crippen LogP contribution in [0.3, 0.4) is 0 Å². The van der Waals surface area contributed by atoms with E-state index in [1.807, 2.05) is 34.3 Å². The fourth-order valence-corrected chi connectivity index (χ4v) is 4.89. The number of nitrogens with one attached hydrogen (secondary N) is 2. The van der Waals surface area contributed by atoms with Gasteiger partial charge in [0, 0.05) is 42.4 Å². The first-order valence-corrected chi connectivity index (χ1v) is 10.2. The number of para-hydroxylation sites is 1. The zero-order valence-electron chi connectivity index (χ0n) is 16.1. The topological polar surface area (TPSA) is 80.9 Å². The van der Waals surface area contributed by atoms with Crippen LogP contribution in [0.1, 0.15) is 35.7 Å². The second kappa shape index (κ2) is 6.34. The van der Waals surface area contributed by atoms with Crippen LogP contribution < -0.4 is 0 Å². The Morgan fingerprint density at radius 2 is 2.10 bits per heavy atom. The average Bonchev–Trinajstić information content (AvgIpc) is 3.50. The van der Waals surface area contributed by atoms with E-state index in [-0.39, 0.29) is 12.1 Å². The fraction of sp³-hybridized carbons (Fsp3) is 0.318. The third-order valence-corrected chi connectivity index (χ3v) is 6.35. The molecule has 0 radical (unpaired) electrons. The highest BCUT2D eigenvalue weighted by Gasteiger charge is 2.35. The maximum Gasteiger partial charge on any atom is 0.320 e. The van der Waals surface area contributed by atoms with Gasteiger partial charge in [-0.05, 0) is 47.9 Å². The molecule has 1 saturated heterocycles. The van der Waals surface area contributed by atoms with Crippen LogP contribution in [0.5, 0.6) is 0 Å². The van der Waals surface area contributed by atoms with Gasteiger partial charge in [-0.25, -0.2) is 9.78 Å². The summed E-state index contributed by atoms with van der Waals surface area (Å²) in [6.07, 6.45) is 6.59. The predicted molar refractivity (Wildman–Crippen MR) is 110 cm³/mol. The number of benzene rings is 1. The summed E-state index contributed by atoms with van der Waals surface area (Å²) in [7, 11) is 0. The van der Waals surface area contributed by atoms with Gasteiger partial charge in [-0.3, -0.25) is 5.10 Å². The molecule has 0 spiro atoms. The van der Waals surface area contributed by atoms with Crippen LogP contribution in [0, 0.1) is 0 Å². The Balaban J connectivity index is 1.27. The molecule has 0 bridgehead atoms. The van der Waals surface area contributed by atoms with Gasteiger partial charge < -0.3 is 14.8 Å². The van der Waals surface area contributed by atoms with Crippen molar-refractivity contribution in [3.05, 3.63) is 59.5 Å². The molecule has 5 heterocycles. The number of pyridine rings is 1. The van der Waals surface area contributed by atoms with Gasteiger partial charge in [0.25, 0.3) is 0 Å². The molecule has 0 aliphatic carbocycles. The highest BCUT2D eigenvalue weighted by molar-refractivity contribution is 5.82. The molecule has 7 heteroatoms. The lowest BCUT2D eigenvalue weighted by Crippen LogP contribution is -2.45. The molecular formula is C22H22N6O. The first kappa shape index (κ1) is 16.6. The number of hydrogen-bond donors (Lipinski definition) is 2. The van der Waals surface area contributed by atoms with Crippen molar-refractivity contribution in [3.63, 3.8) is 0 Å². The van der Waals surface area contributed by atoms with Gasteiger partial charge in [-0.1, -0.05) is 18.2 Å². The SMILES string of the molecule is O=C(N1CCc2c(cnc3[nH]ncc23)C1)N1CCCC1c1cc2ccccc2[nH]1. The number of hydrogen-bond acceptors (Lipinski definition) is 3. The summed E-state index contributed by atoms with van der Waals surface area (Å²) in [6.45, 7) is 2.14. The van der Waals surface area contributed by atoms with E-state index >= 15 is 0 Å². The van der Waals surface area contributed by atoms with E-state index in [1.165, 1.54) is 10.9 Å². The summed E-state index contributed by atoms with van der Waals surface area (Å²) in [5.74, 6) is 0. The van der Waals surface area contributed by atoms with Crippen molar-refractivity contribution in [1.29, 1.82) is 0 Å². The lowest BCUT2D eigenvalue weighted by atomic mass is 9.99. The zero-order chi connectivity index (χ0) is 19.4. The molecule has 2 aliphatic rings. The number of fused-ring (bicyclic) bond motifs is 4. The molecule has 1 fully saturated rings. The number of carbonyl (C=O) groups is 1. The van der Waals surface area contributed by atoms with Gasteiger partial charge in [0.05, 0.1) is 12.2 Å². The van der Waals surface area contributed by atoms with Crippen molar-refractivity contribution in [2.45, 2.75) is 31.8 Å². The summed E-state index contributed by atoms with van der Waals surface area (Å²) in [5.41, 5.74) is 5.48. The number of carbonyl (C=O) groups excluding carboxylic acids is 1. The summed E-state index contributed by atoms with van der Waals surface area (Å²) in [6, 6.07) is 10.7. The molecule has 6 rings (SSSR count). The minimum Gasteiger partial charge on any atom is -0.357 e. The van der Waals surface area contributed by atoms with Crippen LogP contribution in [0.4, 0.5) is 4.79 Å². The number of aromatic nitrogens is 4. The fourth-order valence-electron chi connectivity index (χ4n) is 4.89. The molecule has 3 aromatic heterocycles. The Morgan fingerprint density at radius 3 is 3.03 bits per heavy atom. The second-order valence-corrected chi connectivity index (χ2v) is 8.01. The van der Waals surface area contributed by atoms with Crippen molar-refractivity contribution >= 4 is 28.0 Å². The van der Waals surface area contributed by atoms with Gasteiger partial charge in [-0.15, -0.1) is 0 Å². The van der Waals surface area contributed by atoms with Crippen LogP contribution in [-0.2, 0) is 13.0 Å². The van der Waals surface area contributed by atoms with Gasteiger partial charge in [0.15, 0.2) is 5.65 Å². The van der Waals surface area contributed by atoms with Crippen LogP contribution >= 0.6 is 0 Å². The second-order valence-electron chi connectivity index (χ2n) is 8.01. The highest BCUT2D eigenvalue weighted by atomic mass is 16.2. The largest absolute Gasteiger partial charge is 0.357 e. The van der Waals surface area contributed by atoms with Crippen LogP contribution in [0.2, 0.25) is 0 Å². The van der Waals surface area contributed by atoms with Gasteiger partial charge in [-0.2, -0.15) is 5.10 Å². The maximum atomic E-state index is 13.4. The lowest BCUT2D eigenvalue weighted by Gasteiger charge is -2.34. The molecule has 2 amide bonds. The molecule has 4 aromatic rings. The molecular weight excluding hydrogens is 364 g/mol. The quantitative estimate of drug-likeness (QED) is 0.523. The number of nitrogens with zero attached hydrogens (tertiary/aromatic N) is 4. The molecule has 1 aromatic carbocycles. The molecule has 2 aliphatic heterocycles. The number of aromatic amines is 2. The molecule has 1 unspecified atom stereocenters. The standard InChI is InChI=1S/C22H22N6O/c29-22(27-9-7-16-15(13-27)11-23-21-17(16)12-24-26-21)28-8-3-6-20(28)19-10-14-4-1-2-5-18(14)25-19/h1-2,4-5,10-12,20,25H,3,6-9,13H2,(H,23,24,26). The molecule has 29 heavy (non-hydrogen) atoms. The number of rotatable bonds is 1. The Morgan fingerprint density at radius 1 is 1.17 bits per heavy atom. The third-order valence-electron chi connectivity index (χ3n) is 6.35. The smallest absolute Gasteiger partial charge is 0.320 e. The summed E-state index contributed by atoms with van der Waals surface area (Å²) in [5, 5.41) is 9.31. The Hall–Kier alpha value is -3.35. The van der Waals surface area contributed by atoms with Crippen molar-refractivity contribution in [3.8, 4) is 0 Å². The molecule has 146 valence electrons. The number of H-pyrrole nitrogens is 2. The monoisotopic (exact) mass is 386 g/mol. The molecule has 1 atom stereocenters. The van der Waals surface area contributed by atoms with E-state index in [0.717, 1.165) is 60.2 Å². The molecule has 2 N–H and O–H groups in total. The maximum absolute atomic E-state index is 13.4. The molecule has 0 saturated carbocycles. The minimum absolute atomic E-state index is 0.116. The highest BCUT2D eigenvalue weighted by Crippen LogP contribution is 2.35. The summed E-state index contributed by atoms with van der Waals surface area (Å²) < 4.78 is 0. The number of likely N-dealkylation sites (tertiary alicyclic amines) is 1. The Kier molecular flexibility index (Phi) is 3.62. The number of amides is 2. The van der Waals surface area contributed by atoms with Crippen molar-refractivity contribution < 1.29 is 4.79 Å². The average molecular weight is 386 g/mol. The van der Waals surface area contributed by atoms with E-state index in [4.69, 9.17) is 0 Å². The number of urea groups is 1. The van der Waals surface area contributed by atoms with Crippen LogP contribution in [0.15, 0.2) is 42.7 Å². The van der Waals surface area contributed by atoms with E-state index in [9.17, 15) is 4.79 Å². The van der Waals surface area contributed by atoms with E-state index in [2.05, 4.69) is 38.4 Å². The minimum atomic E-state index is 0.116.